The number of carbonyl (C=O) groups is 3. The first-order valence-electron chi connectivity index (χ1n) is 23.3. The predicted octanol–water partition coefficient (Wildman–Crippen LogP) is 14.9. The Bertz CT molecular complexity index is 1040. The van der Waals surface area contributed by atoms with Gasteiger partial charge in [-0.1, -0.05) is 184 Å². The van der Waals surface area contributed by atoms with Crippen LogP contribution in [0.1, 0.15) is 220 Å². The van der Waals surface area contributed by atoms with Crippen molar-refractivity contribution in [1.82, 2.24) is 0 Å². The van der Waals surface area contributed by atoms with Gasteiger partial charge in [0.05, 0.1) is 0 Å². The van der Waals surface area contributed by atoms with Crippen molar-refractivity contribution in [2.75, 3.05) is 13.2 Å². The van der Waals surface area contributed by atoms with Crippen LogP contribution in [0, 0.1) is 0 Å². The molecule has 1 unspecified atom stereocenters. The Balaban J connectivity index is 4.32. The van der Waals surface area contributed by atoms with Crippen molar-refractivity contribution in [3.8, 4) is 0 Å². The number of hydrogen-bond acceptors (Lipinski definition) is 6. The molecule has 56 heavy (non-hydrogen) atoms. The third-order valence-electron chi connectivity index (χ3n) is 9.76. The first-order valence-corrected chi connectivity index (χ1v) is 23.3. The Morgan fingerprint density at radius 2 is 0.714 bits per heavy atom. The van der Waals surface area contributed by atoms with E-state index in [-0.39, 0.29) is 31.1 Å². The predicted molar refractivity (Wildman–Crippen MR) is 238 cm³/mol. The average Bonchev–Trinajstić information content (AvgIpc) is 3.19. The molecule has 0 saturated heterocycles. The van der Waals surface area contributed by atoms with Crippen molar-refractivity contribution in [3.63, 3.8) is 0 Å². The molecule has 0 aromatic rings. The van der Waals surface area contributed by atoms with Crippen LogP contribution in [-0.4, -0.2) is 37.2 Å². The molecule has 6 nitrogen and oxygen atoms in total. The highest BCUT2D eigenvalue weighted by atomic mass is 16.6. The molecule has 0 aromatic carbocycles. The Kier molecular flexibility index (Phi) is 42.5. The lowest BCUT2D eigenvalue weighted by Gasteiger charge is -2.18. The fourth-order valence-corrected chi connectivity index (χ4v) is 6.24. The van der Waals surface area contributed by atoms with Gasteiger partial charge in [0.25, 0.3) is 0 Å². The van der Waals surface area contributed by atoms with Crippen LogP contribution >= 0.6 is 0 Å². The van der Waals surface area contributed by atoms with Gasteiger partial charge >= 0.3 is 17.9 Å². The van der Waals surface area contributed by atoms with E-state index in [4.69, 9.17) is 14.2 Å². The van der Waals surface area contributed by atoms with E-state index in [2.05, 4.69) is 81.5 Å². The van der Waals surface area contributed by atoms with Gasteiger partial charge < -0.3 is 14.2 Å². The molecule has 0 amide bonds. The summed E-state index contributed by atoms with van der Waals surface area (Å²) in [6, 6.07) is 0. The molecule has 6 heteroatoms. The zero-order valence-electron chi connectivity index (χ0n) is 36.6. The fourth-order valence-electron chi connectivity index (χ4n) is 6.24. The van der Waals surface area contributed by atoms with Crippen molar-refractivity contribution in [2.24, 2.45) is 0 Å². The maximum Gasteiger partial charge on any atom is 0.306 e. The third kappa shape index (κ3) is 42.3. The minimum absolute atomic E-state index is 0.0818. The second-order valence-electron chi connectivity index (χ2n) is 15.3. The maximum absolute atomic E-state index is 12.7. The van der Waals surface area contributed by atoms with Crippen LogP contribution in [0.4, 0.5) is 0 Å². The fraction of sp³-hybridized carbons (Fsp3) is 0.740. The number of carbonyl (C=O) groups excluding carboxylic acids is 3. The summed E-state index contributed by atoms with van der Waals surface area (Å²) in [5, 5.41) is 0. The van der Waals surface area contributed by atoms with Crippen LogP contribution < -0.4 is 0 Å². The zero-order chi connectivity index (χ0) is 40.8. The van der Waals surface area contributed by atoms with Crippen LogP contribution in [0.25, 0.3) is 0 Å². The van der Waals surface area contributed by atoms with E-state index < -0.39 is 6.10 Å². The molecule has 0 saturated carbocycles. The summed E-state index contributed by atoms with van der Waals surface area (Å²) < 4.78 is 16.7. The van der Waals surface area contributed by atoms with Crippen LogP contribution in [0.2, 0.25) is 0 Å². The standard InChI is InChI=1S/C50H86O6/c1-4-7-10-13-16-19-21-22-23-24-25-26-27-28-30-31-34-37-40-43-49(52)55-46-47(45-54-48(51)42-39-36-33-18-15-12-9-6-3)56-50(53)44-41-38-35-32-29-20-17-14-11-8-5-2/h7,10,14,16-17,19,22-23,25-26,47H,4-6,8-9,11-13,15,18,20-21,24,27-46H2,1-3H3/b10-7-,17-14-,19-16-,23-22-,26-25-. The summed E-state index contributed by atoms with van der Waals surface area (Å²) in [6.07, 6.45) is 53.5. The van der Waals surface area contributed by atoms with Gasteiger partial charge in [-0.2, -0.15) is 0 Å². The zero-order valence-corrected chi connectivity index (χ0v) is 36.6. The van der Waals surface area contributed by atoms with Gasteiger partial charge in [0.15, 0.2) is 6.10 Å². The van der Waals surface area contributed by atoms with E-state index in [0.29, 0.717) is 19.3 Å². The molecule has 0 aliphatic heterocycles. The van der Waals surface area contributed by atoms with Crippen LogP contribution in [-0.2, 0) is 28.6 Å². The third-order valence-corrected chi connectivity index (χ3v) is 9.76. The molecule has 0 aliphatic rings. The minimum Gasteiger partial charge on any atom is -0.462 e. The lowest BCUT2D eigenvalue weighted by molar-refractivity contribution is -0.167. The first-order chi connectivity index (χ1) is 27.5. The highest BCUT2D eigenvalue weighted by molar-refractivity contribution is 5.71. The Labute approximate surface area is 345 Å². The van der Waals surface area contributed by atoms with Crippen LogP contribution in [0.5, 0.6) is 0 Å². The van der Waals surface area contributed by atoms with E-state index in [1.807, 2.05) is 0 Å². The maximum atomic E-state index is 12.7. The van der Waals surface area contributed by atoms with Crippen molar-refractivity contribution in [2.45, 2.75) is 226 Å². The smallest absolute Gasteiger partial charge is 0.306 e. The summed E-state index contributed by atoms with van der Waals surface area (Å²) in [7, 11) is 0. The van der Waals surface area contributed by atoms with E-state index in [1.54, 1.807) is 0 Å². The highest BCUT2D eigenvalue weighted by Gasteiger charge is 2.19. The molecule has 0 radical (unpaired) electrons. The summed E-state index contributed by atoms with van der Waals surface area (Å²) >= 11 is 0. The second kappa shape index (κ2) is 44.8. The largest absolute Gasteiger partial charge is 0.462 e. The average molecular weight is 783 g/mol. The van der Waals surface area contributed by atoms with Crippen molar-refractivity contribution >= 4 is 17.9 Å². The highest BCUT2D eigenvalue weighted by Crippen LogP contribution is 2.13. The number of allylic oxidation sites excluding steroid dienone is 10. The summed E-state index contributed by atoms with van der Waals surface area (Å²) in [4.78, 5) is 37.7. The first kappa shape index (κ1) is 53.1. The lowest BCUT2D eigenvalue weighted by atomic mass is 10.1. The summed E-state index contributed by atoms with van der Waals surface area (Å²) in [6.45, 7) is 6.42. The van der Waals surface area contributed by atoms with Gasteiger partial charge in [0.1, 0.15) is 13.2 Å². The molecule has 0 spiro atoms. The minimum atomic E-state index is -0.779. The molecular formula is C50H86O6. The molecule has 0 fully saturated rings. The van der Waals surface area contributed by atoms with E-state index >= 15 is 0 Å². The number of esters is 3. The molecular weight excluding hydrogens is 697 g/mol. The molecule has 0 rings (SSSR count). The van der Waals surface area contributed by atoms with Gasteiger partial charge in [0.2, 0.25) is 0 Å². The Morgan fingerprint density at radius 3 is 1.16 bits per heavy atom. The molecule has 0 aromatic heterocycles. The van der Waals surface area contributed by atoms with Gasteiger partial charge in [0, 0.05) is 19.3 Å². The van der Waals surface area contributed by atoms with Crippen molar-refractivity contribution < 1.29 is 28.6 Å². The van der Waals surface area contributed by atoms with Crippen LogP contribution in [0.3, 0.4) is 0 Å². The Hall–Kier alpha value is -2.89. The quantitative estimate of drug-likeness (QED) is 0.0266. The number of rotatable bonds is 41. The van der Waals surface area contributed by atoms with E-state index in [9.17, 15) is 14.4 Å². The Morgan fingerprint density at radius 1 is 0.375 bits per heavy atom. The number of ether oxygens (including phenoxy) is 3. The second-order valence-corrected chi connectivity index (χ2v) is 15.3. The van der Waals surface area contributed by atoms with E-state index in [0.717, 1.165) is 103 Å². The molecule has 0 N–H and O–H groups in total. The van der Waals surface area contributed by atoms with Gasteiger partial charge in [-0.05, 0) is 77.0 Å². The SMILES string of the molecule is CC/C=C\C/C=C\C/C=C\C/C=C\CCCCCCCCC(=O)OCC(COC(=O)CCCCCCCCCC)OC(=O)CCCCCCC/C=C\CCCC. The van der Waals surface area contributed by atoms with Gasteiger partial charge in [-0.3, -0.25) is 14.4 Å². The lowest BCUT2D eigenvalue weighted by Crippen LogP contribution is -2.30. The molecule has 0 aliphatic carbocycles. The normalized spacial score (nSPS) is 12.6. The van der Waals surface area contributed by atoms with Gasteiger partial charge in [-0.25, -0.2) is 0 Å². The summed E-state index contributed by atoms with van der Waals surface area (Å²) in [5.41, 5.74) is 0. The van der Waals surface area contributed by atoms with E-state index in [1.165, 1.54) is 77.0 Å². The topological polar surface area (TPSA) is 78.9 Å². The molecule has 0 heterocycles. The monoisotopic (exact) mass is 783 g/mol. The van der Waals surface area contributed by atoms with Crippen molar-refractivity contribution in [1.29, 1.82) is 0 Å². The molecule has 322 valence electrons. The summed E-state index contributed by atoms with van der Waals surface area (Å²) in [5.74, 6) is -0.913. The van der Waals surface area contributed by atoms with Gasteiger partial charge in [-0.15, -0.1) is 0 Å². The van der Waals surface area contributed by atoms with Crippen molar-refractivity contribution in [3.05, 3.63) is 60.8 Å². The molecule has 1 atom stereocenters. The number of unbranched alkanes of at least 4 members (excludes halogenated alkanes) is 20. The molecule has 0 bridgehead atoms. The number of hydrogen-bond donors (Lipinski definition) is 0. The van der Waals surface area contributed by atoms with Crippen LogP contribution in [0.15, 0.2) is 60.8 Å².